The predicted molar refractivity (Wildman–Crippen MR) is 127 cm³/mol. The number of benzene rings is 1. The van der Waals surface area contributed by atoms with Crippen LogP contribution in [0.1, 0.15) is 13.3 Å². The van der Waals surface area contributed by atoms with Gasteiger partial charge in [0.25, 0.3) is 0 Å². The van der Waals surface area contributed by atoms with Gasteiger partial charge < -0.3 is 24.6 Å². The van der Waals surface area contributed by atoms with Crippen LogP contribution in [-0.4, -0.2) is 36.8 Å². The van der Waals surface area contributed by atoms with Crippen LogP contribution in [0.25, 0.3) is 0 Å². The monoisotopic (exact) mass is 419 g/mol. The Morgan fingerprint density at radius 1 is 1.39 bits per heavy atom. The summed E-state index contributed by atoms with van der Waals surface area (Å²) in [6, 6.07) is 5.72. The molecule has 0 amide bonds. The molecule has 1 aliphatic heterocycles. The summed E-state index contributed by atoms with van der Waals surface area (Å²) >= 11 is 0. The summed E-state index contributed by atoms with van der Waals surface area (Å²) in [7, 11) is 3.61. The molecule has 2 aromatic rings. The third-order valence-corrected chi connectivity index (χ3v) is 5.04. The second-order valence-electron chi connectivity index (χ2n) is 6.99. The molecule has 0 saturated carbocycles. The maximum absolute atomic E-state index is 5.88. The van der Waals surface area contributed by atoms with Crippen molar-refractivity contribution >= 4 is 23.1 Å². The zero-order valence-corrected chi connectivity index (χ0v) is 18.3. The summed E-state index contributed by atoms with van der Waals surface area (Å²) in [6.45, 7) is 14.4. The zero-order chi connectivity index (χ0) is 22.4. The van der Waals surface area contributed by atoms with Crippen LogP contribution >= 0.6 is 0 Å². The number of hydrogen-bond acceptors (Lipinski definition) is 7. The summed E-state index contributed by atoms with van der Waals surface area (Å²) in [4.78, 5) is 12.9. The number of nitrogens with zero attached hydrogens (tertiary/aromatic N) is 4. The molecule has 7 heteroatoms. The fourth-order valence-corrected chi connectivity index (χ4v) is 3.31. The van der Waals surface area contributed by atoms with Crippen LogP contribution in [0.15, 0.2) is 74.3 Å². The summed E-state index contributed by atoms with van der Waals surface area (Å²) in [5.41, 5.74) is 2.61. The number of anilines is 4. The van der Waals surface area contributed by atoms with Crippen molar-refractivity contribution in [3.8, 4) is 11.5 Å². The molecular formula is C24H29N5O2. The van der Waals surface area contributed by atoms with E-state index in [9.17, 15) is 0 Å². The molecule has 0 saturated heterocycles. The highest BCUT2D eigenvalue weighted by Crippen LogP contribution is 2.35. The Balaban J connectivity index is 1.84. The van der Waals surface area contributed by atoms with Crippen molar-refractivity contribution in [3.63, 3.8) is 0 Å². The van der Waals surface area contributed by atoms with E-state index in [2.05, 4.69) is 52.9 Å². The van der Waals surface area contributed by atoms with Gasteiger partial charge in [-0.25, -0.2) is 4.98 Å². The van der Waals surface area contributed by atoms with Gasteiger partial charge in [-0.1, -0.05) is 38.8 Å². The summed E-state index contributed by atoms with van der Waals surface area (Å²) in [5.74, 6) is 2.50. The lowest BCUT2D eigenvalue weighted by Gasteiger charge is -2.35. The molecular weight excluding hydrogens is 390 g/mol. The standard InChI is InChI=1S/C24H29N5O2/c1-7-10-11-17(4)20-16-31-22-15-25-24(27-23(22)28(20)5)26-18-12-13-19(21(14-18)30-6)29(8-2)9-3/h8-15,20H,2-4,7,16H2,1,5-6H3,(H,25,26,27)/b11-10-. The Hall–Kier alpha value is -3.74. The molecule has 1 unspecified atom stereocenters. The van der Waals surface area contributed by atoms with Crippen molar-refractivity contribution in [1.29, 1.82) is 0 Å². The highest BCUT2D eigenvalue weighted by molar-refractivity contribution is 5.70. The maximum atomic E-state index is 5.88. The third-order valence-electron chi connectivity index (χ3n) is 5.04. The Bertz CT molecular complexity index is 993. The van der Waals surface area contributed by atoms with Crippen LogP contribution in [0.3, 0.4) is 0 Å². The fraction of sp³-hybridized carbons (Fsp3) is 0.250. The van der Waals surface area contributed by atoms with E-state index in [0.29, 0.717) is 29.9 Å². The average molecular weight is 420 g/mol. The molecule has 2 heterocycles. The van der Waals surface area contributed by atoms with Crippen molar-refractivity contribution in [2.24, 2.45) is 0 Å². The van der Waals surface area contributed by atoms with E-state index in [-0.39, 0.29) is 6.04 Å². The maximum Gasteiger partial charge on any atom is 0.229 e. The first-order valence-corrected chi connectivity index (χ1v) is 10.1. The second-order valence-corrected chi connectivity index (χ2v) is 6.99. The summed E-state index contributed by atoms with van der Waals surface area (Å²) in [6.07, 6.45) is 10.1. The van der Waals surface area contributed by atoms with Gasteiger partial charge in [-0.3, -0.25) is 0 Å². The van der Waals surface area contributed by atoms with Crippen LogP contribution in [0.4, 0.5) is 23.1 Å². The molecule has 0 bridgehead atoms. The Labute approximate surface area is 184 Å². The van der Waals surface area contributed by atoms with Gasteiger partial charge in [0.05, 0.1) is 25.0 Å². The van der Waals surface area contributed by atoms with E-state index in [1.165, 1.54) is 0 Å². The molecule has 0 spiro atoms. The first kappa shape index (κ1) is 22.0. The van der Waals surface area contributed by atoms with Crippen molar-refractivity contribution in [1.82, 2.24) is 9.97 Å². The first-order valence-electron chi connectivity index (χ1n) is 10.1. The molecule has 7 nitrogen and oxygen atoms in total. The van der Waals surface area contributed by atoms with Crippen LogP contribution in [0.2, 0.25) is 0 Å². The minimum Gasteiger partial charge on any atom is -0.494 e. The van der Waals surface area contributed by atoms with Crippen LogP contribution < -0.4 is 24.6 Å². The van der Waals surface area contributed by atoms with Gasteiger partial charge in [0.1, 0.15) is 12.4 Å². The number of aromatic nitrogens is 2. The SMILES string of the molecule is C=CN(C=C)c1ccc(Nc2ncc3c(n2)N(C)C(C(=C)/C=C\CC)CO3)cc1OC. The van der Waals surface area contributed by atoms with Gasteiger partial charge in [-0.15, -0.1) is 0 Å². The number of fused-ring (bicyclic) bond motifs is 1. The summed E-state index contributed by atoms with van der Waals surface area (Å²) in [5, 5.41) is 3.24. The highest BCUT2D eigenvalue weighted by Gasteiger charge is 2.28. The van der Waals surface area contributed by atoms with Crippen LogP contribution in [0.5, 0.6) is 11.5 Å². The van der Waals surface area contributed by atoms with Gasteiger partial charge in [0, 0.05) is 31.2 Å². The minimum absolute atomic E-state index is 0.0150. The molecule has 1 aliphatic rings. The summed E-state index contributed by atoms with van der Waals surface area (Å²) < 4.78 is 11.4. The molecule has 1 N–H and O–H groups in total. The number of ether oxygens (including phenoxy) is 2. The fourth-order valence-electron chi connectivity index (χ4n) is 3.31. The van der Waals surface area contributed by atoms with Crippen LogP contribution in [-0.2, 0) is 0 Å². The van der Waals surface area contributed by atoms with Crippen molar-refractivity contribution in [2.45, 2.75) is 19.4 Å². The molecule has 0 radical (unpaired) electrons. The van der Waals surface area contributed by atoms with Gasteiger partial charge in [0.2, 0.25) is 5.95 Å². The highest BCUT2D eigenvalue weighted by atomic mass is 16.5. The van der Waals surface area contributed by atoms with Gasteiger partial charge >= 0.3 is 0 Å². The van der Waals surface area contributed by atoms with E-state index in [1.807, 2.05) is 31.3 Å². The molecule has 1 aromatic carbocycles. The normalized spacial score (nSPS) is 15.1. The molecule has 3 rings (SSSR count). The largest absolute Gasteiger partial charge is 0.494 e. The number of methoxy groups -OCH3 is 1. The number of rotatable bonds is 9. The van der Waals surface area contributed by atoms with E-state index in [1.54, 1.807) is 30.6 Å². The molecule has 162 valence electrons. The van der Waals surface area contributed by atoms with E-state index in [0.717, 1.165) is 23.4 Å². The van der Waals surface area contributed by atoms with E-state index in [4.69, 9.17) is 9.47 Å². The van der Waals surface area contributed by atoms with Crippen LogP contribution in [0, 0.1) is 0 Å². The molecule has 0 aliphatic carbocycles. The van der Waals surface area contributed by atoms with Gasteiger partial charge in [0.15, 0.2) is 11.6 Å². The lowest BCUT2D eigenvalue weighted by molar-refractivity contribution is 0.279. The topological polar surface area (TPSA) is 62.8 Å². The number of likely N-dealkylation sites (N-methyl/N-ethyl adjacent to an activating group) is 1. The Kier molecular flexibility index (Phi) is 6.97. The quantitative estimate of drug-likeness (QED) is 0.571. The molecule has 1 aromatic heterocycles. The predicted octanol–water partition coefficient (Wildman–Crippen LogP) is 5.04. The second kappa shape index (κ2) is 9.84. The smallest absolute Gasteiger partial charge is 0.229 e. The number of nitrogens with one attached hydrogen (secondary N) is 1. The molecule has 0 fully saturated rings. The Morgan fingerprint density at radius 3 is 2.84 bits per heavy atom. The van der Waals surface area contributed by atoms with E-state index >= 15 is 0 Å². The van der Waals surface area contributed by atoms with Gasteiger partial charge in [-0.2, -0.15) is 4.98 Å². The Morgan fingerprint density at radius 2 is 2.16 bits per heavy atom. The first-order chi connectivity index (χ1) is 15.0. The van der Waals surface area contributed by atoms with Gasteiger partial charge in [-0.05, 0) is 24.1 Å². The average Bonchev–Trinajstić information content (AvgIpc) is 2.79. The number of allylic oxidation sites excluding steroid dienone is 1. The van der Waals surface area contributed by atoms with Crippen molar-refractivity contribution in [2.75, 3.05) is 35.9 Å². The van der Waals surface area contributed by atoms with Crippen molar-refractivity contribution < 1.29 is 9.47 Å². The third kappa shape index (κ3) is 4.71. The zero-order valence-electron chi connectivity index (χ0n) is 18.3. The minimum atomic E-state index is 0.0150. The number of hydrogen-bond donors (Lipinski definition) is 1. The molecule has 31 heavy (non-hydrogen) atoms. The molecule has 1 atom stereocenters. The van der Waals surface area contributed by atoms with Crippen molar-refractivity contribution in [3.05, 3.63) is 74.3 Å². The van der Waals surface area contributed by atoms with E-state index < -0.39 is 0 Å². The lowest BCUT2D eigenvalue weighted by atomic mass is 10.1. The lowest BCUT2D eigenvalue weighted by Crippen LogP contribution is -2.41.